The molecular weight excluding hydrogens is 288 g/mol. The van der Waals surface area contributed by atoms with Gasteiger partial charge in [0.1, 0.15) is 0 Å². The molecular formula is C18H16N4O. The zero-order valence-corrected chi connectivity index (χ0v) is 12.7. The van der Waals surface area contributed by atoms with Crippen LogP contribution in [0, 0.1) is 0 Å². The van der Waals surface area contributed by atoms with Crippen LogP contribution in [0.1, 0.15) is 24.5 Å². The Morgan fingerprint density at radius 1 is 0.957 bits per heavy atom. The van der Waals surface area contributed by atoms with Gasteiger partial charge in [0, 0.05) is 6.42 Å². The Hall–Kier alpha value is -2.95. The number of anilines is 1. The summed E-state index contributed by atoms with van der Waals surface area (Å²) in [4.78, 5) is 4.68. The number of aliphatic imine (C=N–C) groups is 1. The maximum absolute atomic E-state index is 4.87. The Kier molecular flexibility index (Phi) is 3.19. The van der Waals surface area contributed by atoms with Gasteiger partial charge in [0.25, 0.3) is 0 Å². The zero-order valence-electron chi connectivity index (χ0n) is 12.7. The minimum absolute atomic E-state index is 0.347. The van der Waals surface area contributed by atoms with Gasteiger partial charge in [0.2, 0.25) is 11.6 Å². The summed E-state index contributed by atoms with van der Waals surface area (Å²) in [5, 5.41) is 11.3. The molecule has 0 aliphatic carbocycles. The van der Waals surface area contributed by atoms with Crippen molar-refractivity contribution < 1.29 is 4.63 Å². The summed E-state index contributed by atoms with van der Waals surface area (Å²) in [5.74, 6) is 1.06. The molecule has 0 bridgehead atoms. The van der Waals surface area contributed by atoms with Crippen molar-refractivity contribution in [3.05, 3.63) is 71.8 Å². The van der Waals surface area contributed by atoms with Gasteiger partial charge in [-0.25, -0.2) is 9.62 Å². The van der Waals surface area contributed by atoms with Crippen molar-refractivity contribution in [1.82, 2.24) is 10.3 Å². The standard InChI is InChI=1S/C18H16N4O/c1-18(14-10-6-3-7-11-14)12-15(13-8-4-2-5-9-13)19-16-17(20-18)22-23-21-16/h2-11H,12H2,1H3,(H,20,22)/t18-/m1/s1. The van der Waals surface area contributed by atoms with E-state index in [9.17, 15) is 0 Å². The van der Waals surface area contributed by atoms with Crippen LogP contribution in [0.5, 0.6) is 0 Å². The van der Waals surface area contributed by atoms with Gasteiger partial charge in [-0.3, -0.25) is 0 Å². The van der Waals surface area contributed by atoms with Gasteiger partial charge in [0.05, 0.1) is 11.3 Å². The predicted molar refractivity (Wildman–Crippen MR) is 89.0 cm³/mol. The molecule has 5 heteroatoms. The van der Waals surface area contributed by atoms with Gasteiger partial charge < -0.3 is 5.32 Å². The van der Waals surface area contributed by atoms with E-state index in [1.165, 1.54) is 5.56 Å². The molecule has 1 atom stereocenters. The topological polar surface area (TPSA) is 63.3 Å². The maximum Gasteiger partial charge on any atom is 0.241 e. The highest BCUT2D eigenvalue weighted by Crippen LogP contribution is 2.37. The van der Waals surface area contributed by atoms with Gasteiger partial charge >= 0.3 is 0 Å². The fourth-order valence-electron chi connectivity index (χ4n) is 2.92. The fraction of sp³-hybridized carbons (Fsp3) is 0.167. The largest absolute Gasteiger partial charge is 0.354 e. The third kappa shape index (κ3) is 2.50. The number of hydrogen-bond donors (Lipinski definition) is 1. The quantitative estimate of drug-likeness (QED) is 0.779. The maximum atomic E-state index is 4.87. The zero-order chi connectivity index (χ0) is 15.7. The highest BCUT2D eigenvalue weighted by molar-refractivity contribution is 6.03. The lowest BCUT2D eigenvalue weighted by Crippen LogP contribution is -2.34. The van der Waals surface area contributed by atoms with Crippen molar-refractivity contribution in [2.24, 2.45) is 4.99 Å². The van der Waals surface area contributed by atoms with E-state index >= 15 is 0 Å². The summed E-state index contributed by atoms with van der Waals surface area (Å²) in [6.45, 7) is 2.14. The second-order valence-corrected chi connectivity index (χ2v) is 5.86. The number of aromatic nitrogens is 2. The Morgan fingerprint density at radius 3 is 2.39 bits per heavy atom. The van der Waals surface area contributed by atoms with Crippen LogP contribution in [-0.4, -0.2) is 16.0 Å². The summed E-state index contributed by atoms with van der Waals surface area (Å²) in [6, 6.07) is 20.4. The van der Waals surface area contributed by atoms with Crippen LogP contribution in [0.15, 0.2) is 70.3 Å². The summed E-state index contributed by atoms with van der Waals surface area (Å²) in [5.41, 5.74) is 2.85. The van der Waals surface area contributed by atoms with Crippen LogP contribution in [0.25, 0.3) is 0 Å². The van der Waals surface area contributed by atoms with Crippen LogP contribution in [-0.2, 0) is 5.54 Å². The van der Waals surface area contributed by atoms with E-state index < -0.39 is 0 Å². The average Bonchev–Trinajstić information content (AvgIpc) is 2.96. The van der Waals surface area contributed by atoms with Crippen molar-refractivity contribution in [2.45, 2.75) is 18.9 Å². The molecule has 1 N–H and O–H groups in total. The number of nitrogens with zero attached hydrogens (tertiary/aromatic N) is 3. The van der Waals surface area contributed by atoms with E-state index in [0.717, 1.165) is 17.7 Å². The first-order valence-corrected chi connectivity index (χ1v) is 7.54. The molecule has 2 heterocycles. The first kappa shape index (κ1) is 13.7. The van der Waals surface area contributed by atoms with E-state index in [2.05, 4.69) is 51.8 Å². The number of hydrogen-bond acceptors (Lipinski definition) is 5. The molecule has 0 saturated heterocycles. The molecule has 0 spiro atoms. The first-order chi connectivity index (χ1) is 11.2. The molecule has 1 aliphatic heterocycles. The lowest BCUT2D eigenvalue weighted by Gasteiger charge is -2.30. The molecule has 0 fully saturated rings. The Bertz CT molecular complexity index is 842. The molecule has 0 radical (unpaired) electrons. The van der Waals surface area contributed by atoms with E-state index in [1.54, 1.807) is 0 Å². The molecule has 2 aromatic carbocycles. The number of benzene rings is 2. The van der Waals surface area contributed by atoms with Crippen molar-refractivity contribution in [1.29, 1.82) is 0 Å². The molecule has 0 saturated carbocycles. The number of rotatable bonds is 2. The summed E-state index contributed by atoms with van der Waals surface area (Å²) in [6.07, 6.45) is 0.721. The molecule has 0 unspecified atom stereocenters. The number of fused-ring (bicyclic) bond motifs is 1. The Labute approximate surface area is 134 Å². The van der Waals surface area contributed by atoms with E-state index in [4.69, 9.17) is 4.63 Å². The second-order valence-electron chi connectivity index (χ2n) is 5.86. The molecule has 1 aromatic heterocycles. The van der Waals surface area contributed by atoms with Crippen LogP contribution in [0.4, 0.5) is 11.6 Å². The summed E-state index contributed by atoms with van der Waals surface area (Å²) >= 11 is 0. The Balaban J connectivity index is 1.85. The molecule has 0 amide bonds. The third-order valence-electron chi connectivity index (χ3n) is 4.15. The normalized spacial score (nSPS) is 20.1. The van der Waals surface area contributed by atoms with Gasteiger partial charge in [-0.15, -0.1) is 0 Å². The van der Waals surface area contributed by atoms with E-state index in [0.29, 0.717) is 11.6 Å². The molecule has 23 heavy (non-hydrogen) atoms. The van der Waals surface area contributed by atoms with Crippen LogP contribution in [0.3, 0.4) is 0 Å². The summed E-state index contributed by atoms with van der Waals surface area (Å²) in [7, 11) is 0. The predicted octanol–water partition coefficient (Wildman–Crippen LogP) is 3.92. The van der Waals surface area contributed by atoms with Crippen molar-refractivity contribution in [3.63, 3.8) is 0 Å². The smallest absolute Gasteiger partial charge is 0.241 e. The van der Waals surface area contributed by atoms with Gasteiger partial charge in [0.15, 0.2) is 0 Å². The van der Waals surface area contributed by atoms with E-state index in [-0.39, 0.29) is 5.54 Å². The van der Waals surface area contributed by atoms with Crippen molar-refractivity contribution >= 4 is 17.3 Å². The van der Waals surface area contributed by atoms with Crippen molar-refractivity contribution in [3.8, 4) is 0 Å². The lowest BCUT2D eigenvalue weighted by molar-refractivity contribution is 0.308. The fourth-order valence-corrected chi connectivity index (χ4v) is 2.92. The van der Waals surface area contributed by atoms with Crippen molar-refractivity contribution in [2.75, 3.05) is 5.32 Å². The molecule has 5 nitrogen and oxygen atoms in total. The van der Waals surface area contributed by atoms with E-state index in [1.807, 2.05) is 36.4 Å². The molecule has 114 valence electrons. The van der Waals surface area contributed by atoms with Gasteiger partial charge in [-0.1, -0.05) is 60.7 Å². The molecule has 4 rings (SSSR count). The second kappa shape index (κ2) is 5.35. The highest BCUT2D eigenvalue weighted by atomic mass is 16.6. The van der Waals surface area contributed by atoms with Crippen LogP contribution < -0.4 is 5.32 Å². The average molecular weight is 304 g/mol. The first-order valence-electron chi connectivity index (χ1n) is 7.54. The summed E-state index contributed by atoms with van der Waals surface area (Å²) < 4.78 is 4.87. The highest BCUT2D eigenvalue weighted by Gasteiger charge is 2.33. The van der Waals surface area contributed by atoms with Crippen LogP contribution >= 0.6 is 0 Å². The minimum Gasteiger partial charge on any atom is -0.354 e. The molecule has 3 aromatic rings. The third-order valence-corrected chi connectivity index (χ3v) is 4.15. The number of nitrogens with one attached hydrogen (secondary N) is 1. The minimum atomic E-state index is -0.347. The Morgan fingerprint density at radius 2 is 1.65 bits per heavy atom. The SMILES string of the molecule is C[C@]1(c2ccccc2)CC(c2ccccc2)=Nc2nonc2N1. The lowest BCUT2D eigenvalue weighted by atomic mass is 9.85. The molecule has 1 aliphatic rings. The van der Waals surface area contributed by atoms with Gasteiger partial charge in [-0.2, -0.15) is 0 Å². The van der Waals surface area contributed by atoms with Crippen LogP contribution in [0.2, 0.25) is 0 Å². The monoisotopic (exact) mass is 304 g/mol. The van der Waals surface area contributed by atoms with Gasteiger partial charge in [-0.05, 0) is 28.4 Å².